The van der Waals surface area contributed by atoms with Crippen LogP contribution in [0.2, 0.25) is 0 Å². The number of methoxy groups -OCH3 is 1. The number of para-hydroxylation sites is 1. The van der Waals surface area contributed by atoms with Gasteiger partial charge in [0, 0.05) is 34.9 Å². The first kappa shape index (κ1) is 27.5. The SMILES string of the molecule is CCOc1cc([C@@H]2NC(=O)NC(C)=C2C(=O)OC)ccc1OC[C@@H](O)N/N=C\c1c(C)n(C)c2ccccc12. The van der Waals surface area contributed by atoms with E-state index in [-0.39, 0.29) is 12.2 Å². The predicted molar refractivity (Wildman–Crippen MR) is 147 cm³/mol. The molecule has 0 bridgehead atoms. The number of allylic oxidation sites excluding steroid dienone is 1. The molecule has 206 valence electrons. The second-order valence-electron chi connectivity index (χ2n) is 8.99. The molecule has 2 amide bonds. The lowest BCUT2D eigenvalue weighted by Gasteiger charge is -2.28. The summed E-state index contributed by atoms with van der Waals surface area (Å²) in [6.45, 7) is 5.72. The molecule has 0 saturated heterocycles. The van der Waals surface area contributed by atoms with E-state index in [9.17, 15) is 14.7 Å². The third kappa shape index (κ3) is 5.83. The minimum Gasteiger partial charge on any atom is -0.490 e. The van der Waals surface area contributed by atoms with Crippen molar-refractivity contribution in [2.45, 2.75) is 33.0 Å². The highest BCUT2D eigenvalue weighted by Gasteiger charge is 2.32. The zero-order chi connectivity index (χ0) is 28.1. The number of nitrogens with zero attached hydrogens (tertiary/aromatic N) is 2. The van der Waals surface area contributed by atoms with Crippen molar-refractivity contribution in [1.82, 2.24) is 20.6 Å². The molecular formula is C28H33N5O6. The summed E-state index contributed by atoms with van der Waals surface area (Å²) in [6, 6.07) is 11.9. The van der Waals surface area contributed by atoms with Gasteiger partial charge in [0.2, 0.25) is 0 Å². The Kier molecular flexibility index (Phi) is 8.40. The van der Waals surface area contributed by atoms with E-state index in [0.29, 0.717) is 29.4 Å². The Morgan fingerprint density at radius 2 is 1.97 bits per heavy atom. The molecule has 0 fully saturated rings. The summed E-state index contributed by atoms with van der Waals surface area (Å²) in [6.07, 6.45) is 0.592. The molecule has 1 aromatic heterocycles. The van der Waals surface area contributed by atoms with Crippen LogP contribution in [0.3, 0.4) is 0 Å². The number of esters is 1. The average Bonchev–Trinajstić information content (AvgIpc) is 3.16. The molecule has 0 spiro atoms. The molecule has 0 saturated carbocycles. The maximum atomic E-state index is 12.4. The number of aryl methyl sites for hydroxylation is 1. The normalized spacial score (nSPS) is 16.2. The first-order valence-electron chi connectivity index (χ1n) is 12.5. The van der Waals surface area contributed by atoms with E-state index in [1.54, 1.807) is 31.3 Å². The Balaban J connectivity index is 1.46. The van der Waals surface area contributed by atoms with Crippen molar-refractivity contribution in [2.75, 3.05) is 20.3 Å². The average molecular weight is 536 g/mol. The summed E-state index contributed by atoms with van der Waals surface area (Å²) in [7, 11) is 3.28. The van der Waals surface area contributed by atoms with Gasteiger partial charge in [-0.05, 0) is 44.5 Å². The van der Waals surface area contributed by atoms with Gasteiger partial charge in [0.1, 0.15) is 6.61 Å². The Labute approximate surface area is 226 Å². The number of hydrogen-bond donors (Lipinski definition) is 4. The van der Waals surface area contributed by atoms with Crippen molar-refractivity contribution in [3.8, 4) is 11.5 Å². The van der Waals surface area contributed by atoms with Crippen LogP contribution in [0.15, 0.2) is 58.8 Å². The van der Waals surface area contributed by atoms with E-state index in [2.05, 4.69) is 25.7 Å². The molecule has 0 unspecified atom stereocenters. The van der Waals surface area contributed by atoms with Gasteiger partial charge >= 0.3 is 12.0 Å². The zero-order valence-corrected chi connectivity index (χ0v) is 22.6. The zero-order valence-electron chi connectivity index (χ0n) is 22.6. The van der Waals surface area contributed by atoms with E-state index >= 15 is 0 Å². The van der Waals surface area contributed by atoms with E-state index in [1.807, 2.05) is 45.2 Å². The Bertz CT molecular complexity index is 1440. The largest absolute Gasteiger partial charge is 0.490 e. The molecule has 39 heavy (non-hydrogen) atoms. The number of urea groups is 1. The van der Waals surface area contributed by atoms with Crippen LogP contribution in [0, 0.1) is 6.92 Å². The topological polar surface area (TPSA) is 135 Å². The maximum absolute atomic E-state index is 12.4. The van der Waals surface area contributed by atoms with Gasteiger partial charge in [0.25, 0.3) is 0 Å². The number of carbonyl (C=O) groups excluding carboxylic acids is 2. The number of hydrogen-bond acceptors (Lipinski definition) is 8. The summed E-state index contributed by atoms with van der Waals surface area (Å²) in [5.74, 6) is 0.222. The molecule has 0 radical (unpaired) electrons. The number of amides is 2. The molecule has 1 aliphatic rings. The van der Waals surface area contributed by atoms with Crippen LogP contribution in [0.5, 0.6) is 11.5 Å². The number of nitrogens with one attached hydrogen (secondary N) is 3. The molecule has 4 N–H and O–H groups in total. The van der Waals surface area contributed by atoms with Crippen molar-refractivity contribution in [3.05, 3.63) is 70.6 Å². The quantitative estimate of drug-likeness (QED) is 0.136. The molecule has 2 aromatic carbocycles. The molecule has 0 aliphatic carbocycles. The van der Waals surface area contributed by atoms with Gasteiger partial charge in [-0.2, -0.15) is 5.10 Å². The Hall–Kier alpha value is -4.51. The number of fused-ring (bicyclic) bond motifs is 1. The number of aliphatic hydroxyl groups excluding tert-OH is 1. The van der Waals surface area contributed by atoms with E-state index in [4.69, 9.17) is 14.2 Å². The third-order valence-corrected chi connectivity index (χ3v) is 6.54. The third-order valence-electron chi connectivity index (χ3n) is 6.54. The van der Waals surface area contributed by atoms with Crippen molar-refractivity contribution < 1.29 is 28.9 Å². The summed E-state index contributed by atoms with van der Waals surface area (Å²) in [4.78, 5) is 24.5. The summed E-state index contributed by atoms with van der Waals surface area (Å²) in [5.41, 5.74) is 7.10. The lowest BCUT2D eigenvalue weighted by Crippen LogP contribution is -2.45. The molecule has 2 atom stereocenters. The lowest BCUT2D eigenvalue weighted by atomic mass is 9.95. The van der Waals surface area contributed by atoms with Gasteiger partial charge in [0.05, 0.1) is 31.5 Å². The van der Waals surface area contributed by atoms with Gasteiger partial charge in [-0.15, -0.1) is 0 Å². The first-order chi connectivity index (χ1) is 18.7. The highest BCUT2D eigenvalue weighted by molar-refractivity contribution is 6.01. The van der Waals surface area contributed by atoms with Crippen LogP contribution >= 0.6 is 0 Å². The molecule has 1 aliphatic heterocycles. The minimum absolute atomic E-state index is 0.109. The first-order valence-corrected chi connectivity index (χ1v) is 12.5. The standard InChI is InChI=1S/C28H33N5O6/c1-6-38-23-13-18(26-25(27(35)37-5)16(2)30-28(36)31-26)11-12-22(23)39-15-24(34)32-29-14-20-17(3)33(4)21-10-8-7-9-19(20)21/h7-14,24,26,32,34H,6,15H2,1-5H3,(H2,30,31,36)/b29-14-/t24-,26+/m1/s1. The minimum atomic E-state index is -1.09. The van der Waals surface area contributed by atoms with E-state index < -0.39 is 24.3 Å². The maximum Gasteiger partial charge on any atom is 0.337 e. The number of aliphatic hydroxyl groups is 1. The van der Waals surface area contributed by atoms with Crippen LogP contribution in [-0.4, -0.2) is 54.4 Å². The Morgan fingerprint density at radius 1 is 1.21 bits per heavy atom. The highest BCUT2D eigenvalue weighted by Crippen LogP contribution is 2.35. The van der Waals surface area contributed by atoms with E-state index in [0.717, 1.165) is 22.2 Å². The van der Waals surface area contributed by atoms with Crippen LogP contribution in [0.1, 0.15) is 36.7 Å². The van der Waals surface area contributed by atoms with Gasteiger partial charge in [0.15, 0.2) is 17.7 Å². The highest BCUT2D eigenvalue weighted by atomic mass is 16.5. The van der Waals surface area contributed by atoms with Crippen molar-refractivity contribution in [1.29, 1.82) is 0 Å². The monoisotopic (exact) mass is 535 g/mol. The predicted octanol–water partition coefficient (Wildman–Crippen LogP) is 3.01. The number of hydrazone groups is 1. The molecular weight excluding hydrogens is 502 g/mol. The number of aromatic nitrogens is 1. The van der Waals surface area contributed by atoms with Crippen LogP contribution < -0.4 is 25.5 Å². The van der Waals surface area contributed by atoms with E-state index in [1.165, 1.54) is 7.11 Å². The summed E-state index contributed by atoms with van der Waals surface area (Å²) >= 11 is 0. The molecule has 3 aromatic rings. The van der Waals surface area contributed by atoms with Gasteiger partial charge in [-0.3, -0.25) is 5.43 Å². The lowest BCUT2D eigenvalue weighted by molar-refractivity contribution is -0.136. The number of rotatable bonds is 10. The Morgan fingerprint density at radius 3 is 2.72 bits per heavy atom. The smallest absolute Gasteiger partial charge is 0.337 e. The van der Waals surface area contributed by atoms with Crippen LogP contribution in [0.4, 0.5) is 4.79 Å². The summed E-state index contributed by atoms with van der Waals surface area (Å²) < 4.78 is 18.6. The second kappa shape index (κ2) is 11.9. The second-order valence-corrected chi connectivity index (χ2v) is 8.99. The fraction of sp³-hybridized carbons (Fsp3) is 0.321. The number of benzene rings is 2. The van der Waals surface area contributed by atoms with Crippen molar-refractivity contribution in [3.63, 3.8) is 0 Å². The molecule has 11 heteroatoms. The molecule has 4 rings (SSSR count). The van der Waals surface area contributed by atoms with Gasteiger partial charge in [-0.1, -0.05) is 24.3 Å². The fourth-order valence-corrected chi connectivity index (χ4v) is 4.52. The summed E-state index contributed by atoms with van der Waals surface area (Å²) in [5, 5.41) is 21.1. The van der Waals surface area contributed by atoms with Gasteiger partial charge < -0.3 is 34.5 Å². The van der Waals surface area contributed by atoms with Crippen LogP contribution in [-0.2, 0) is 16.6 Å². The molecule has 11 nitrogen and oxygen atoms in total. The van der Waals surface area contributed by atoms with Crippen molar-refractivity contribution in [2.24, 2.45) is 12.1 Å². The van der Waals surface area contributed by atoms with Crippen LogP contribution in [0.25, 0.3) is 10.9 Å². The fourth-order valence-electron chi connectivity index (χ4n) is 4.52. The molecule has 2 heterocycles. The van der Waals surface area contributed by atoms with Gasteiger partial charge in [-0.25, -0.2) is 9.59 Å². The van der Waals surface area contributed by atoms with Crippen molar-refractivity contribution >= 4 is 29.1 Å². The number of carbonyl (C=O) groups is 2. The number of ether oxygens (including phenoxy) is 3.